The molecule has 26 heavy (non-hydrogen) atoms. The Morgan fingerprint density at radius 1 is 1.35 bits per heavy atom. The van der Waals surface area contributed by atoms with Crippen molar-refractivity contribution < 1.29 is 14.4 Å². The molecule has 0 aromatic carbocycles. The summed E-state index contributed by atoms with van der Waals surface area (Å²) in [6, 6.07) is 4.90. The van der Waals surface area contributed by atoms with Gasteiger partial charge in [0.25, 0.3) is 5.91 Å². The van der Waals surface area contributed by atoms with E-state index in [1.807, 2.05) is 18.2 Å². The van der Waals surface area contributed by atoms with Crippen molar-refractivity contribution in [2.75, 3.05) is 13.1 Å². The average Bonchev–Trinajstić information content (AvgIpc) is 3.20. The van der Waals surface area contributed by atoms with Gasteiger partial charge in [-0.15, -0.1) is 11.8 Å². The van der Waals surface area contributed by atoms with Gasteiger partial charge in [-0.2, -0.15) is 4.99 Å². The van der Waals surface area contributed by atoms with Gasteiger partial charge in [-0.1, -0.05) is 6.07 Å². The van der Waals surface area contributed by atoms with Gasteiger partial charge in [0.15, 0.2) is 0 Å². The zero-order chi connectivity index (χ0) is 18.3. The van der Waals surface area contributed by atoms with E-state index in [1.165, 1.54) is 11.8 Å². The molecule has 9 heteroatoms. The number of rotatable bonds is 4. The van der Waals surface area contributed by atoms with E-state index in [1.54, 1.807) is 29.0 Å². The summed E-state index contributed by atoms with van der Waals surface area (Å²) in [6.45, 7) is 1.98. The molecule has 0 radical (unpaired) electrons. The molecule has 0 spiro atoms. The highest BCUT2D eigenvalue weighted by molar-refractivity contribution is 8.04. The monoisotopic (exact) mass is 369 g/mol. The van der Waals surface area contributed by atoms with Crippen LogP contribution < -0.4 is 5.32 Å². The Balaban J connectivity index is 1.43. The van der Waals surface area contributed by atoms with Crippen molar-refractivity contribution in [2.24, 2.45) is 4.99 Å². The number of allylic oxidation sites excluding steroid dienone is 1. The smallest absolute Gasteiger partial charge is 0.349 e. The molecule has 0 saturated heterocycles. The second-order valence-electron chi connectivity index (χ2n) is 5.86. The third-order valence-electron chi connectivity index (χ3n) is 4.21. The van der Waals surface area contributed by atoms with Gasteiger partial charge in [0, 0.05) is 19.3 Å². The van der Waals surface area contributed by atoms with Gasteiger partial charge in [-0.25, -0.2) is 9.78 Å². The molecule has 0 bridgehead atoms. The number of aromatic nitrogens is 2. The fraction of sp³-hybridized carbons (Fsp3) is 0.235. The lowest BCUT2D eigenvalue weighted by Gasteiger charge is -2.25. The van der Waals surface area contributed by atoms with Crippen molar-refractivity contribution in [1.82, 2.24) is 19.6 Å². The van der Waals surface area contributed by atoms with Crippen LogP contribution in [0.3, 0.4) is 0 Å². The number of imidazole rings is 1. The first-order valence-corrected chi connectivity index (χ1v) is 8.98. The van der Waals surface area contributed by atoms with Crippen LogP contribution in [0.2, 0.25) is 0 Å². The van der Waals surface area contributed by atoms with Gasteiger partial charge in [0.05, 0.1) is 11.4 Å². The van der Waals surface area contributed by atoms with Crippen LogP contribution in [0.1, 0.15) is 16.2 Å². The van der Waals surface area contributed by atoms with Crippen molar-refractivity contribution in [3.63, 3.8) is 0 Å². The number of pyridine rings is 1. The van der Waals surface area contributed by atoms with Gasteiger partial charge in [0.2, 0.25) is 5.91 Å². The summed E-state index contributed by atoms with van der Waals surface area (Å²) < 4.78 is 1.71. The molecule has 0 fully saturated rings. The minimum atomic E-state index is -0.589. The fourth-order valence-electron chi connectivity index (χ4n) is 2.99. The van der Waals surface area contributed by atoms with Crippen LogP contribution in [-0.2, 0) is 4.79 Å². The number of fused-ring (bicyclic) bond motifs is 2. The summed E-state index contributed by atoms with van der Waals surface area (Å²) in [5.41, 5.74) is 2.23. The third-order valence-corrected chi connectivity index (χ3v) is 5.22. The highest BCUT2D eigenvalue weighted by Gasteiger charge is 2.38. The van der Waals surface area contributed by atoms with Crippen molar-refractivity contribution in [2.45, 2.75) is 12.2 Å². The molecule has 4 heterocycles. The van der Waals surface area contributed by atoms with Gasteiger partial charge in [0.1, 0.15) is 16.6 Å². The molecule has 1 atom stereocenters. The van der Waals surface area contributed by atoms with Gasteiger partial charge < -0.3 is 5.32 Å². The van der Waals surface area contributed by atoms with E-state index in [-0.39, 0.29) is 24.9 Å². The Kier molecular flexibility index (Phi) is 4.08. The molecule has 2 aromatic rings. The number of carbonyl (C=O) groups is 3. The highest BCUT2D eigenvalue weighted by atomic mass is 32.2. The summed E-state index contributed by atoms with van der Waals surface area (Å²) in [7, 11) is 0. The molecule has 1 unspecified atom stereocenters. The number of thioether (sulfide) groups is 1. The summed E-state index contributed by atoms with van der Waals surface area (Å²) in [5, 5.41) is 4.05. The van der Waals surface area contributed by atoms with E-state index in [0.29, 0.717) is 22.7 Å². The number of hydrogen-bond acceptors (Lipinski definition) is 5. The van der Waals surface area contributed by atoms with Crippen LogP contribution in [-0.4, -0.2) is 56.2 Å². The number of nitrogens with zero attached hydrogens (tertiary/aromatic N) is 4. The predicted octanol–water partition coefficient (Wildman–Crippen LogP) is 1.40. The van der Waals surface area contributed by atoms with Crippen molar-refractivity contribution in [3.05, 3.63) is 47.3 Å². The van der Waals surface area contributed by atoms with Gasteiger partial charge in [-0.05, 0) is 30.5 Å². The lowest BCUT2D eigenvalue weighted by molar-refractivity contribution is -0.126. The van der Waals surface area contributed by atoms with Crippen molar-refractivity contribution in [1.29, 1.82) is 0 Å². The maximum absolute atomic E-state index is 12.5. The molecule has 1 N–H and O–H groups in total. The van der Waals surface area contributed by atoms with E-state index in [2.05, 4.69) is 15.3 Å². The molecule has 2 aliphatic heterocycles. The van der Waals surface area contributed by atoms with Crippen LogP contribution in [0.4, 0.5) is 4.79 Å². The molecule has 0 saturated carbocycles. The molecule has 4 amide bonds. The molecule has 0 aliphatic carbocycles. The van der Waals surface area contributed by atoms with Gasteiger partial charge in [-0.3, -0.25) is 18.9 Å². The average molecular weight is 369 g/mol. The standard InChI is InChI=1S/C17H15N5O3S/c1-10-13(21-7-3-2-4-12(21)19-10)15(23)18-6-8-22-16(24)14-11(5-9-26-14)20-17(22)25/h2-5,7,9,14H,6,8H2,1H3,(H,18,23). The quantitative estimate of drug-likeness (QED) is 0.879. The number of aliphatic imine (C=N–C) groups is 1. The summed E-state index contributed by atoms with van der Waals surface area (Å²) in [4.78, 5) is 46.3. The minimum Gasteiger partial charge on any atom is -0.349 e. The number of aryl methyl sites for hydroxylation is 1. The fourth-order valence-corrected chi connectivity index (χ4v) is 3.88. The van der Waals surface area contributed by atoms with E-state index < -0.39 is 11.3 Å². The number of hydrogen-bond donors (Lipinski definition) is 1. The molecule has 4 rings (SSSR count). The van der Waals surface area contributed by atoms with E-state index >= 15 is 0 Å². The minimum absolute atomic E-state index is 0.0764. The van der Waals surface area contributed by atoms with Crippen LogP contribution in [0, 0.1) is 6.92 Å². The van der Waals surface area contributed by atoms with E-state index in [4.69, 9.17) is 0 Å². The number of amides is 4. The second kappa shape index (κ2) is 6.41. The molecule has 132 valence electrons. The van der Waals surface area contributed by atoms with Crippen LogP contribution in [0.15, 0.2) is 40.9 Å². The summed E-state index contributed by atoms with van der Waals surface area (Å²) >= 11 is 1.33. The van der Waals surface area contributed by atoms with Crippen molar-refractivity contribution in [3.8, 4) is 0 Å². The van der Waals surface area contributed by atoms with Crippen LogP contribution in [0.25, 0.3) is 5.65 Å². The number of carbonyl (C=O) groups excluding carboxylic acids is 3. The topological polar surface area (TPSA) is 96.1 Å². The molecule has 2 aromatic heterocycles. The first kappa shape index (κ1) is 16.5. The third kappa shape index (κ3) is 2.70. The Hall–Kier alpha value is -2.94. The molecule has 8 nitrogen and oxygen atoms in total. The van der Waals surface area contributed by atoms with Crippen LogP contribution in [0.5, 0.6) is 0 Å². The molecular weight excluding hydrogens is 354 g/mol. The lowest BCUT2D eigenvalue weighted by Crippen LogP contribution is -2.49. The van der Waals surface area contributed by atoms with Crippen molar-refractivity contribution >= 4 is 41.0 Å². The normalized spacial score (nSPS) is 19.0. The SMILES string of the molecule is Cc1nc2ccccn2c1C(=O)NCCN1C(=O)N=C2C=CSC2C1=O. The highest BCUT2D eigenvalue weighted by Crippen LogP contribution is 2.27. The zero-order valence-electron chi connectivity index (χ0n) is 13.9. The molecule has 2 aliphatic rings. The number of nitrogens with one attached hydrogen (secondary N) is 1. The second-order valence-corrected chi connectivity index (χ2v) is 6.87. The first-order chi connectivity index (χ1) is 12.6. The first-order valence-electron chi connectivity index (χ1n) is 8.04. The van der Waals surface area contributed by atoms with E-state index in [0.717, 1.165) is 4.90 Å². The maximum Gasteiger partial charge on any atom is 0.350 e. The van der Waals surface area contributed by atoms with E-state index in [9.17, 15) is 14.4 Å². The summed E-state index contributed by atoms with van der Waals surface area (Å²) in [6.07, 6.45) is 3.44. The maximum atomic E-state index is 12.5. The number of urea groups is 1. The number of imide groups is 1. The van der Waals surface area contributed by atoms with Crippen LogP contribution >= 0.6 is 11.8 Å². The Bertz CT molecular complexity index is 993. The predicted molar refractivity (Wildman–Crippen MR) is 97.3 cm³/mol. The Morgan fingerprint density at radius 2 is 2.19 bits per heavy atom. The lowest BCUT2D eigenvalue weighted by atomic mass is 10.2. The van der Waals surface area contributed by atoms with Gasteiger partial charge >= 0.3 is 6.03 Å². The largest absolute Gasteiger partial charge is 0.350 e. The summed E-state index contributed by atoms with van der Waals surface area (Å²) in [5.74, 6) is -0.602. The Labute approximate surface area is 153 Å². The zero-order valence-corrected chi connectivity index (χ0v) is 14.7. The molecular formula is C17H15N5O3S. The Morgan fingerprint density at radius 3 is 3.04 bits per heavy atom.